The van der Waals surface area contributed by atoms with Crippen LogP contribution in [-0.2, 0) is 14.6 Å². The number of sulfone groups is 1. The van der Waals surface area contributed by atoms with Gasteiger partial charge in [0.15, 0.2) is 9.84 Å². The summed E-state index contributed by atoms with van der Waals surface area (Å²) in [5.74, 6) is -0.624. The zero-order valence-corrected chi connectivity index (χ0v) is 15.1. The number of benzene rings is 2. The first-order valence-electron chi connectivity index (χ1n) is 7.34. The van der Waals surface area contributed by atoms with Crippen molar-refractivity contribution in [2.24, 2.45) is 0 Å². The first-order valence-corrected chi connectivity index (χ1v) is 9.37. The number of halogens is 1. The molecule has 0 heterocycles. The zero-order chi connectivity index (χ0) is 17.7. The quantitative estimate of drug-likeness (QED) is 0.852. The molecule has 0 aliphatic heterocycles. The van der Waals surface area contributed by atoms with E-state index in [4.69, 9.17) is 11.6 Å². The first-order chi connectivity index (χ1) is 11.3. The van der Waals surface area contributed by atoms with Gasteiger partial charge < -0.3 is 10.2 Å². The minimum absolute atomic E-state index is 0.128. The predicted octanol–water partition coefficient (Wildman–Crippen LogP) is 3.21. The van der Waals surface area contributed by atoms with Crippen LogP contribution in [0.15, 0.2) is 53.4 Å². The predicted molar refractivity (Wildman–Crippen MR) is 97.5 cm³/mol. The molecule has 0 atom stereocenters. The van der Waals surface area contributed by atoms with Gasteiger partial charge in [-0.3, -0.25) is 4.79 Å². The van der Waals surface area contributed by atoms with E-state index in [-0.39, 0.29) is 23.0 Å². The summed E-state index contributed by atoms with van der Waals surface area (Å²) in [5.41, 5.74) is 1.34. The van der Waals surface area contributed by atoms with Crippen molar-refractivity contribution in [3.63, 3.8) is 0 Å². The van der Waals surface area contributed by atoms with Crippen LogP contribution >= 0.6 is 11.6 Å². The van der Waals surface area contributed by atoms with Gasteiger partial charge in [0.25, 0.3) is 0 Å². The summed E-state index contributed by atoms with van der Waals surface area (Å²) >= 11 is 5.97. The lowest BCUT2D eigenvalue weighted by atomic mass is 10.2. The van der Waals surface area contributed by atoms with Crippen LogP contribution < -0.4 is 10.2 Å². The average molecular weight is 367 g/mol. The highest BCUT2D eigenvalue weighted by Crippen LogP contribution is 2.28. The van der Waals surface area contributed by atoms with Crippen LogP contribution in [0.25, 0.3) is 0 Å². The molecule has 2 aromatic rings. The number of anilines is 2. The molecule has 0 saturated heterocycles. The monoisotopic (exact) mass is 366 g/mol. The molecule has 2 rings (SSSR count). The number of nitrogens with one attached hydrogen (secondary N) is 1. The largest absolute Gasteiger partial charge is 0.376 e. The van der Waals surface area contributed by atoms with E-state index in [1.807, 2.05) is 19.0 Å². The molecular weight excluding hydrogens is 348 g/mol. The number of carbonyl (C=O) groups is 1. The van der Waals surface area contributed by atoms with E-state index in [1.54, 1.807) is 36.4 Å². The van der Waals surface area contributed by atoms with E-state index in [0.717, 1.165) is 5.69 Å². The van der Waals surface area contributed by atoms with Crippen LogP contribution in [0.3, 0.4) is 0 Å². The normalized spacial score (nSPS) is 11.1. The average Bonchev–Trinajstić information content (AvgIpc) is 2.54. The summed E-state index contributed by atoms with van der Waals surface area (Å²) in [6, 6.07) is 13.3. The molecule has 24 heavy (non-hydrogen) atoms. The molecule has 0 aliphatic carbocycles. The van der Waals surface area contributed by atoms with Gasteiger partial charge in [0.2, 0.25) is 5.91 Å². The summed E-state index contributed by atoms with van der Waals surface area (Å²) < 4.78 is 24.4. The van der Waals surface area contributed by atoms with E-state index >= 15 is 0 Å². The molecule has 7 heteroatoms. The van der Waals surface area contributed by atoms with Gasteiger partial charge in [0.1, 0.15) is 0 Å². The van der Waals surface area contributed by atoms with Crippen LogP contribution in [0.2, 0.25) is 5.02 Å². The Kier molecular flexibility index (Phi) is 5.85. The van der Waals surface area contributed by atoms with Crippen LogP contribution in [0.5, 0.6) is 0 Å². The molecule has 0 bridgehead atoms. The van der Waals surface area contributed by atoms with Gasteiger partial charge in [0.05, 0.1) is 22.0 Å². The third-order valence-corrected chi connectivity index (χ3v) is 5.38. The zero-order valence-electron chi connectivity index (χ0n) is 13.5. The van der Waals surface area contributed by atoms with Crippen molar-refractivity contribution in [3.05, 3.63) is 53.6 Å². The number of nitrogens with zero attached hydrogens (tertiary/aromatic N) is 1. The van der Waals surface area contributed by atoms with E-state index in [2.05, 4.69) is 5.32 Å². The number of carbonyl (C=O) groups excluding carboxylic acids is 1. The van der Waals surface area contributed by atoms with Crippen molar-refractivity contribution in [2.75, 3.05) is 30.1 Å². The lowest BCUT2D eigenvalue weighted by molar-refractivity contribution is -0.115. The van der Waals surface area contributed by atoms with Gasteiger partial charge in [-0.05, 0) is 30.3 Å². The second kappa shape index (κ2) is 7.68. The second-order valence-electron chi connectivity index (χ2n) is 5.49. The lowest BCUT2D eigenvalue weighted by Crippen LogP contribution is -2.19. The highest BCUT2D eigenvalue weighted by atomic mass is 35.5. The third kappa shape index (κ3) is 4.72. The molecular formula is C17H19ClN2O3S. The van der Waals surface area contributed by atoms with Gasteiger partial charge in [-0.25, -0.2) is 8.42 Å². The number of amides is 1. The van der Waals surface area contributed by atoms with Crippen LogP contribution in [0.4, 0.5) is 11.4 Å². The van der Waals surface area contributed by atoms with Crippen LogP contribution in [-0.4, -0.2) is 34.2 Å². The second-order valence-corrected chi connectivity index (χ2v) is 8.03. The van der Waals surface area contributed by atoms with Crippen molar-refractivity contribution in [1.29, 1.82) is 0 Å². The first kappa shape index (κ1) is 18.3. The molecule has 0 fully saturated rings. The van der Waals surface area contributed by atoms with Gasteiger partial charge in [-0.1, -0.05) is 29.8 Å². The van der Waals surface area contributed by atoms with Gasteiger partial charge in [-0.15, -0.1) is 0 Å². The standard InChI is InChI=1S/C17H19ClN2O3S/c1-20(2)16-9-8-13(18)12-15(16)19-17(21)10-11-24(22,23)14-6-4-3-5-7-14/h3-9,12H,10-11H2,1-2H3,(H,19,21). The Bertz CT molecular complexity index is 821. The van der Waals surface area contributed by atoms with Crippen molar-refractivity contribution in [2.45, 2.75) is 11.3 Å². The summed E-state index contributed by atoms with van der Waals surface area (Å²) in [6.45, 7) is 0. The molecule has 0 saturated carbocycles. The Labute approximate surface area is 147 Å². The van der Waals surface area contributed by atoms with Crippen LogP contribution in [0, 0.1) is 0 Å². The van der Waals surface area contributed by atoms with Crippen molar-refractivity contribution in [3.8, 4) is 0 Å². The van der Waals surface area contributed by atoms with Gasteiger partial charge in [0, 0.05) is 25.5 Å². The highest BCUT2D eigenvalue weighted by molar-refractivity contribution is 7.91. The van der Waals surface area contributed by atoms with E-state index < -0.39 is 9.84 Å². The third-order valence-electron chi connectivity index (χ3n) is 3.41. The van der Waals surface area contributed by atoms with Crippen molar-refractivity contribution >= 4 is 38.7 Å². The Morgan fingerprint density at radius 1 is 1.12 bits per heavy atom. The smallest absolute Gasteiger partial charge is 0.225 e. The fraction of sp³-hybridized carbons (Fsp3) is 0.235. The molecule has 1 amide bonds. The number of rotatable bonds is 6. The molecule has 0 unspecified atom stereocenters. The highest BCUT2D eigenvalue weighted by Gasteiger charge is 2.17. The minimum atomic E-state index is -3.48. The Balaban J connectivity index is 2.06. The molecule has 5 nitrogen and oxygen atoms in total. The Hall–Kier alpha value is -2.05. The molecule has 0 radical (unpaired) electrons. The summed E-state index contributed by atoms with van der Waals surface area (Å²) in [5, 5.41) is 3.22. The molecule has 0 spiro atoms. The maximum Gasteiger partial charge on any atom is 0.225 e. The SMILES string of the molecule is CN(C)c1ccc(Cl)cc1NC(=O)CCS(=O)(=O)c1ccccc1. The molecule has 128 valence electrons. The molecule has 0 aliphatic rings. The Morgan fingerprint density at radius 3 is 2.42 bits per heavy atom. The van der Waals surface area contributed by atoms with Gasteiger partial charge >= 0.3 is 0 Å². The number of hydrogen-bond acceptors (Lipinski definition) is 4. The van der Waals surface area contributed by atoms with Crippen molar-refractivity contribution in [1.82, 2.24) is 0 Å². The maximum absolute atomic E-state index is 12.2. The van der Waals surface area contributed by atoms with E-state index in [0.29, 0.717) is 10.7 Å². The Morgan fingerprint density at radius 2 is 1.79 bits per heavy atom. The van der Waals surface area contributed by atoms with E-state index in [1.165, 1.54) is 12.1 Å². The van der Waals surface area contributed by atoms with E-state index in [9.17, 15) is 13.2 Å². The maximum atomic E-state index is 12.2. The molecule has 0 aromatic heterocycles. The number of hydrogen-bond donors (Lipinski definition) is 1. The van der Waals surface area contributed by atoms with Crippen molar-refractivity contribution < 1.29 is 13.2 Å². The van der Waals surface area contributed by atoms with Crippen LogP contribution in [0.1, 0.15) is 6.42 Å². The molecule has 1 N–H and O–H groups in total. The topological polar surface area (TPSA) is 66.5 Å². The fourth-order valence-corrected chi connectivity index (χ4v) is 3.62. The fourth-order valence-electron chi connectivity index (χ4n) is 2.18. The van der Waals surface area contributed by atoms with Gasteiger partial charge in [-0.2, -0.15) is 0 Å². The summed E-state index contributed by atoms with van der Waals surface area (Å²) in [6.07, 6.45) is -0.128. The molecule has 2 aromatic carbocycles. The minimum Gasteiger partial charge on any atom is -0.376 e. The summed E-state index contributed by atoms with van der Waals surface area (Å²) in [7, 11) is 0.212. The lowest BCUT2D eigenvalue weighted by Gasteiger charge is -2.18. The summed E-state index contributed by atoms with van der Waals surface area (Å²) in [4.78, 5) is 14.2.